The molecule has 1 saturated heterocycles. The molecule has 214 valence electrons. The molecule has 2 N–H and O–H groups in total. The molecule has 1 aliphatic rings. The molecule has 0 bridgehead atoms. The molecule has 3 aromatic carbocycles. The number of amides is 2. The molecule has 1 aliphatic heterocycles. The summed E-state index contributed by atoms with van der Waals surface area (Å²) in [5.74, 6) is -4.63. The summed E-state index contributed by atoms with van der Waals surface area (Å²) in [5.41, 5.74) is -0.409. The Morgan fingerprint density at radius 2 is 1.61 bits per heavy atom. The number of nitrogens with zero attached hydrogens (tertiary/aromatic N) is 3. The predicted molar refractivity (Wildman–Crippen MR) is 138 cm³/mol. The molecular formula is C26H22F2N4O8S. The van der Waals surface area contributed by atoms with Crippen molar-refractivity contribution in [1.29, 1.82) is 0 Å². The molecule has 2 unspecified atom stereocenters. The van der Waals surface area contributed by atoms with Crippen molar-refractivity contribution >= 4 is 33.5 Å². The van der Waals surface area contributed by atoms with Crippen LogP contribution in [0.25, 0.3) is 0 Å². The highest BCUT2D eigenvalue weighted by molar-refractivity contribution is 7.89. The maximum absolute atomic E-state index is 13.7. The fourth-order valence-corrected chi connectivity index (χ4v) is 5.92. The molecule has 3 aromatic rings. The summed E-state index contributed by atoms with van der Waals surface area (Å²) < 4.78 is 54.8. The lowest BCUT2D eigenvalue weighted by Crippen LogP contribution is -2.54. The molecule has 15 heteroatoms. The van der Waals surface area contributed by atoms with Crippen LogP contribution in [0, 0.1) is 21.7 Å². The number of non-ortho nitro benzene ring substituents is 1. The van der Waals surface area contributed by atoms with Crippen LogP contribution in [0.5, 0.6) is 0 Å². The van der Waals surface area contributed by atoms with Crippen LogP contribution in [0.3, 0.4) is 0 Å². The Kier molecular flexibility index (Phi) is 8.39. The number of carbonyl (C=O) groups excluding carboxylic acids is 2. The summed E-state index contributed by atoms with van der Waals surface area (Å²) >= 11 is 0. The van der Waals surface area contributed by atoms with Gasteiger partial charge in [0.2, 0.25) is 10.0 Å². The molecule has 0 aromatic heterocycles. The number of sulfonamides is 1. The van der Waals surface area contributed by atoms with Gasteiger partial charge in [0.15, 0.2) is 6.17 Å². The van der Waals surface area contributed by atoms with Crippen LogP contribution in [-0.2, 0) is 19.6 Å². The van der Waals surface area contributed by atoms with Gasteiger partial charge in [-0.2, -0.15) is 4.31 Å². The fourth-order valence-electron chi connectivity index (χ4n) is 4.37. The SMILES string of the molecule is O=C(O)CC(NC(=O)C1N(C(=O)c2cccc([N+](=O)[O-])c2)CCN1S(=O)(=O)c1ccc(F)cc1)c1ccc(F)cc1. The van der Waals surface area contributed by atoms with E-state index in [2.05, 4.69) is 5.32 Å². The van der Waals surface area contributed by atoms with E-state index in [1.807, 2.05) is 0 Å². The lowest BCUT2D eigenvalue weighted by Gasteiger charge is -2.30. The van der Waals surface area contributed by atoms with E-state index < -0.39 is 68.7 Å². The van der Waals surface area contributed by atoms with Crippen molar-refractivity contribution in [3.8, 4) is 0 Å². The maximum atomic E-state index is 13.7. The van der Waals surface area contributed by atoms with Crippen LogP contribution < -0.4 is 5.32 Å². The number of halogens is 2. The van der Waals surface area contributed by atoms with Crippen molar-refractivity contribution in [2.45, 2.75) is 23.5 Å². The zero-order valence-electron chi connectivity index (χ0n) is 21.0. The highest BCUT2D eigenvalue weighted by atomic mass is 32.2. The molecule has 1 fully saturated rings. The second kappa shape index (κ2) is 11.8. The van der Waals surface area contributed by atoms with E-state index in [1.165, 1.54) is 24.3 Å². The molecule has 0 saturated carbocycles. The second-order valence-electron chi connectivity index (χ2n) is 8.96. The third-order valence-electron chi connectivity index (χ3n) is 6.32. The van der Waals surface area contributed by atoms with Crippen LogP contribution >= 0.6 is 0 Å². The average molecular weight is 589 g/mol. The fraction of sp³-hybridized carbons (Fsp3) is 0.192. The van der Waals surface area contributed by atoms with Crippen LogP contribution in [-0.4, -0.2) is 64.7 Å². The lowest BCUT2D eigenvalue weighted by molar-refractivity contribution is -0.384. The van der Waals surface area contributed by atoms with E-state index >= 15 is 0 Å². The first-order chi connectivity index (χ1) is 19.4. The number of hydrogen-bond donors (Lipinski definition) is 2. The number of rotatable bonds is 9. The maximum Gasteiger partial charge on any atom is 0.305 e. The monoisotopic (exact) mass is 588 g/mol. The van der Waals surface area contributed by atoms with E-state index in [-0.39, 0.29) is 29.1 Å². The zero-order valence-corrected chi connectivity index (χ0v) is 21.8. The summed E-state index contributed by atoms with van der Waals surface area (Å²) in [4.78, 5) is 49.7. The van der Waals surface area contributed by atoms with Crippen molar-refractivity contribution in [3.63, 3.8) is 0 Å². The van der Waals surface area contributed by atoms with Crippen LogP contribution in [0.2, 0.25) is 0 Å². The Balaban J connectivity index is 1.74. The van der Waals surface area contributed by atoms with Gasteiger partial charge in [-0.25, -0.2) is 17.2 Å². The largest absolute Gasteiger partial charge is 0.481 e. The van der Waals surface area contributed by atoms with Gasteiger partial charge in [-0.3, -0.25) is 24.5 Å². The minimum absolute atomic E-state index is 0.196. The highest BCUT2D eigenvalue weighted by Crippen LogP contribution is 2.28. The first-order valence-electron chi connectivity index (χ1n) is 12.0. The smallest absolute Gasteiger partial charge is 0.305 e. The van der Waals surface area contributed by atoms with Gasteiger partial charge >= 0.3 is 5.97 Å². The number of aliphatic carboxylic acids is 1. The van der Waals surface area contributed by atoms with Gasteiger partial charge in [0, 0.05) is 30.8 Å². The summed E-state index contributed by atoms with van der Waals surface area (Å²) in [7, 11) is -4.51. The topological polar surface area (TPSA) is 167 Å². The Bertz CT molecular complexity index is 1600. The highest BCUT2D eigenvalue weighted by Gasteiger charge is 2.47. The predicted octanol–water partition coefficient (Wildman–Crippen LogP) is 2.68. The van der Waals surface area contributed by atoms with Gasteiger partial charge in [-0.05, 0) is 48.0 Å². The molecule has 0 aliphatic carbocycles. The van der Waals surface area contributed by atoms with Crippen LogP contribution in [0.15, 0.2) is 77.7 Å². The van der Waals surface area contributed by atoms with E-state index in [1.54, 1.807) is 0 Å². The van der Waals surface area contributed by atoms with Gasteiger partial charge < -0.3 is 15.3 Å². The molecule has 0 spiro atoms. The number of carbonyl (C=O) groups is 3. The van der Waals surface area contributed by atoms with Gasteiger partial charge in [-0.15, -0.1) is 0 Å². The number of nitro groups is 1. The van der Waals surface area contributed by atoms with Gasteiger partial charge in [0.1, 0.15) is 11.6 Å². The average Bonchev–Trinajstić information content (AvgIpc) is 3.39. The summed E-state index contributed by atoms with van der Waals surface area (Å²) in [6.45, 7) is -0.682. The third-order valence-corrected chi connectivity index (χ3v) is 8.18. The molecule has 0 radical (unpaired) electrons. The van der Waals surface area contributed by atoms with Crippen molar-refractivity contribution < 1.29 is 41.6 Å². The van der Waals surface area contributed by atoms with Gasteiger partial charge in [0.05, 0.1) is 22.3 Å². The first-order valence-corrected chi connectivity index (χ1v) is 13.4. The summed E-state index contributed by atoms with van der Waals surface area (Å²) in [6.07, 6.45) is -2.51. The number of carboxylic acids is 1. The van der Waals surface area contributed by atoms with Gasteiger partial charge in [-0.1, -0.05) is 18.2 Å². The molecule has 2 atom stereocenters. The van der Waals surface area contributed by atoms with E-state index in [4.69, 9.17) is 0 Å². The Morgan fingerprint density at radius 1 is 1.00 bits per heavy atom. The summed E-state index contributed by atoms with van der Waals surface area (Å²) in [6, 6.07) is 11.8. The molecule has 12 nitrogen and oxygen atoms in total. The molecule has 1 heterocycles. The lowest BCUT2D eigenvalue weighted by atomic mass is 10.0. The van der Waals surface area contributed by atoms with Crippen LogP contribution in [0.4, 0.5) is 14.5 Å². The molecular weight excluding hydrogens is 566 g/mol. The number of nitro benzene ring substituents is 1. The van der Waals surface area contributed by atoms with Crippen LogP contribution in [0.1, 0.15) is 28.4 Å². The normalized spacial score (nSPS) is 16.2. The van der Waals surface area contributed by atoms with E-state index in [0.29, 0.717) is 4.31 Å². The minimum atomic E-state index is -4.51. The summed E-state index contributed by atoms with van der Waals surface area (Å²) in [5, 5.41) is 23.1. The zero-order chi connectivity index (χ0) is 29.9. The van der Waals surface area contributed by atoms with Crippen molar-refractivity contribution in [2.24, 2.45) is 0 Å². The van der Waals surface area contributed by atoms with Crippen molar-refractivity contribution in [2.75, 3.05) is 13.1 Å². The van der Waals surface area contributed by atoms with Crippen molar-refractivity contribution in [3.05, 3.63) is 106 Å². The van der Waals surface area contributed by atoms with Gasteiger partial charge in [0.25, 0.3) is 17.5 Å². The number of hydrogen-bond acceptors (Lipinski definition) is 7. The van der Waals surface area contributed by atoms with Crippen molar-refractivity contribution in [1.82, 2.24) is 14.5 Å². The third kappa shape index (κ3) is 6.36. The van der Waals surface area contributed by atoms with E-state index in [0.717, 1.165) is 53.4 Å². The Hall–Kier alpha value is -4.76. The standard InChI is InChI=1S/C26H22F2N4O8S/c27-18-6-4-16(5-7-18)22(15-23(33)34)29-24(35)25-30(26(36)17-2-1-3-20(14-17)32(37)38)12-13-31(25)41(39,40)21-10-8-19(28)9-11-21/h1-11,14,22,25H,12-13,15H2,(H,29,35)(H,33,34). The second-order valence-corrected chi connectivity index (χ2v) is 10.9. The minimum Gasteiger partial charge on any atom is -0.481 e. The quantitative estimate of drug-likeness (QED) is 0.284. The van der Waals surface area contributed by atoms with E-state index in [9.17, 15) is 46.8 Å². The molecule has 4 rings (SSSR count). The first kappa shape index (κ1) is 29.2. The Morgan fingerprint density at radius 3 is 2.20 bits per heavy atom. The Labute approximate surface area is 232 Å². The number of nitrogens with one attached hydrogen (secondary N) is 1. The molecule has 2 amide bonds. The molecule has 41 heavy (non-hydrogen) atoms. The number of carboxylic acid groups (broad SMARTS) is 1. The number of benzene rings is 3.